The van der Waals surface area contributed by atoms with Crippen molar-refractivity contribution in [2.75, 3.05) is 28.3 Å². The van der Waals surface area contributed by atoms with Gasteiger partial charge in [0.15, 0.2) is 0 Å². The summed E-state index contributed by atoms with van der Waals surface area (Å²) in [7, 11) is 0. The second-order valence-corrected chi connectivity index (χ2v) is 9.90. The molecule has 0 aromatic heterocycles. The third kappa shape index (κ3) is 5.45. The normalized spacial score (nSPS) is 16.0. The van der Waals surface area contributed by atoms with Crippen LogP contribution in [0.3, 0.4) is 0 Å². The number of rotatable bonds is 7. The maximum absolute atomic E-state index is 14.5. The quantitative estimate of drug-likeness (QED) is 0.447. The van der Waals surface area contributed by atoms with Crippen molar-refractivity contribution in [1.82, 2.24) is 5.32 Å². The van der Waals surface area contributed by atoms with Crippen molar-refractivity contribution in [3.63, 3.8) is 0 Å². The van der Waals surface area contributed by atoms with E-state index in [0.29, 0.717) is 12.4 Å². The fourth-order valence-corrected chi connectivity index (χ4v) is 5.43. The van der Waals surface area contributed by atoms with Crippen molar-refractivity contribution in [2.45, 2.75) is 51.1 Å². The smallest absolute Gasteiger partial charge is 0.248 e. The Morgan fingerprint density at radius 2 is 1.78 bits per heavy atom. The predicted molar refractivity (Wildman–Crippen MR) is 145 cm³/mol. The summed E-state index contributed by atoms with van der Waals surface area (Å²) in [5, 5.41) is 6.53. The van der Waals surface area contributed by atoms with Gasteiger partial charge < -0.3 is 15.5 Å². The molecule has 2 N–H and O–H groups in total. The Balaban J connectivity index is 1.53. The Labute approximate surface area is 217 Å². The number of carbonyl (C=O) groups is 2. The Hall–Kier alpha value is -3.87. The standard InChI is InChI=1S/C30H33FN4O2/c1-21-10-5-6-15-25(21)29(30(37)33-23-12-3-2-4-13-23)35(24-14-9-11-22(31)18-24)28(36)19-34-20-32-26-16-7-8-17-27(26)34/h5-11,14-18,23,29,32H,2-4,12-13,19-20H2,1H3,(H,33,37). The van der Waals surface area contributed by atoms with Gasteiger partial charge in [0.25, 0.3) is 0 Å². The third-order valence-electron chi connectivity index (χ3n) is 7.33. The number of aryl methyl sites for hydroxylation is 1. The summed E-state index contributed by atoms with van der Waals surface area (Å²) < 4.78 is 14.5. The molecule has 3 aromatic carbocycles. The molecule has 1 atom stereocenters. The van der Waals surface area contributed by atoms with Gasteiger partial charge in [-0.05, 0) is 61.2 Å². The van der Waals surface area contributed by atoms with Crippen LogP contribution in [-0.2, 0) is 9.59 Å². The van der Waals surface area contributed by atoms with Gasteiger partial charge in [-0.3, -0.25) is 14.5 Å². The van der Waals surface area contributed by atoms with E-state index in [0.717, 1.165) is 48.2 Å². The van der Waals surface area contributed by atoms with Gasteiger partial charge in [0.1, 0.15) is 11.9 Å². The first-order chi connectivity index (χ1) is 18.0. The van der Waals surface area contributed by atoms with Crippen LogP contribution in [0.15, 0.2) is 72.8 Å². The number of hydrogen-bond acceptors (Lipinski definition) is 4. The minimum atomic E-state index is -0.928. The Kier molecular flexibility index (Phi) is 7.40. The molecule has 1 fully saturated rings. The number of hydrogen-bond donors (Lipinski definition) is 2. The summed E-state index contributed by atoms with van der Waals surface area (Å²) in [6, 6.07) is 20.5. The average Bonchev–Trinajstić information content (AvgIpc) is 3.31. The molecule has 6 nitrogen and oxygen atoms in total. The van der Waals surface area contributed by atoms with Crippen molar-refractivity contribution in [2.24, 2.45) is 0 Å². The maximum Gasteiger partial charge on any atom is 0.248 e. The lowest BCUT2D eigenvalue weighted by Crippen LogP contribution is -2.50. The zero-order valence-corrected chi connectivity index (χ0v) is 21.1. The number of para-hydroxylation sites is 2. The molecule has 5 rings (SSSR count). The largest absolute Gasteiger partial charge is 0.366 e. The molecule has 3 aromatic rings. The molecule has 2 aliphatic rings. The molecule has 1 aliphatic carbocycles. The van der Waals surface area contributed by atoms with Gasteiger partial charge in [0, 0.05) is 11.7 Å². The fraction of sp³-hybridized carbons (Fsp3) is 0.333. The van der Waals surface area contributed by atoms with E-state index in [2.05, 4.69) is 10.6 Å². The molecular formula is C30H33FN4O2. The second kappa shape index (κ2) is 11.0. The van der Waals surface area contributed by atoms with Crippen LogP contribution in [-0.4, -0.2) is 31.1 Å². The minimum Gasteiger partial charge on any atom is -0.366 e. The van der Waals surface area contributed by atoms with E-state index in [1.807, 2.05) is 60.4 Å². The number of nitrogens with zero attached hydrogens (tertiary/aromatic N) is 2. The van der Waals surface area contributed by atoms with E-state index >= 15 is 0 Å². The molecule has 192 valence electrons. The first kappa shape index (κ1) is 24.8. The number of anilines is 3. The van der Waals surface area contributed by atoms with Crippen LogP contribution in [0.4, 0.5) is 21.5 Å². The van der Waals surface area contributed by atoms with Gasteiger partial charge >= 0.3 is 0 Å². The number of benzene rings is 3. The van der Waals surface area contributed by atoms with Gasteiger partial charge in [0.05, 0.1) is 24.6 Å². The van der Waals surface area contributed by atoms with Gasteiger partial charge in [-0.2, -0.15) is 0 Å². The lowest BCUT2D eigenvalue weighted by Gasteiger charge is -2.35. The number of amides is 2. The summed E-state index contributed by atoms with van der Waals surface area (Å²) >= 11 is 0. The number of nitrogens with one attached hydrogen (secondary N) is 2. The lowest BCUT2D eigenvalue weighted by molar-refractivity contribution is -0.126. The summed E-state index contributed by atoms with van der Waals surface area (Å²) in [5.74, 6) is -0.977. The average molecular weight is 501 g/mol. The van der Waals surface area contributed by atoms with Gasteiger partial charge in [-0.15, -0.1) is 0 Å². The van der Waals surface area contributed by atoms with Crippen LogP contribution < -0.4 is 20.4 Å². The van der Waals surface area contributed by atoms with Crippen LogP contribution in [0.5, 0.6) is 0 Å². The monoisotopic (exact) mass is 500 g/mol. The highest BCUT2D eigenvalue weighted by molar-refractivity contribution is 6.04. The van der Waals surface area contributed by atoms with E-state index in [1.54, 1.807) is 12.1 Å². The zero-order valence-electron chi connectivity index (χ0n) is 21.1. The zero-order chi connectivity index (χ0) is 25.8. The molecule has 1 unspecified atom stereocenters. The van der Waals surface area contributed by atoms with E-state index in [1.165, 1.54) is 23.5 Å². The highest BCUT2D eigenvalue weighted by atomic mass is 19.1. The molecule has 0 saturated heterocycles. The summed E-state index contributed by atoms with van der Waals surface area (Å²) in [4.78, 5) is 31.5. The second-order valence-electron chi connectivity index (χ2n) is 9.90. The molecule has 7 heteroatoms. The lowest BCUT2D eigenvalue weighted by atomic mass is 9.93. The number of halogens is 1. The topological polar surface area (TPSA) is 64.7 Å². The van der Waals surface area contributed by atoms with E-state index in [-0.39, 0.29) is 24.4 Å². The Morgan fingerprint density at radius 1 is 1.03 bits per heavy atom. The highest BCUT2D eigenvalue weighted by Gasteiger charge is 2.36. The molecule has 37 heavy (non-hydrogen) atoms. The van der Waals surface area contributed by atoms with Gasteiger partial charge in [-0.1, -0.05) is 61.7 Å². The van der Waals surface area contributed by atoms with Crippen LogP contribution >= 0.6 is 0 Å². The molecular weight excluding hydrogens is 467 g/mol. The van der Waals surface area contributed by atoms with Crippen LogP contribution in [0.2, 0.25) is 0 Å². The summed E-state index contributed by atoms with van der Waals surface area (Å²) in [6.07, 6.45) is 5.18. The molecule has 2 amide bonds. The van der Waals surface area contributed by atoms with Crippen molar-refractivity contribution in [1.29, 1.82) is 0 Å². The summed E-state index contributed by atoms with van der Waals surface area (Å²) in [5.41, 5.74) is 3.87. The maximum atomic E-state index is 14.5. The predicted octanol–water partition coefficient (Wildman–Crippen LogP) is 5.55. The SMILES string of the molecule is Cc1ccccc1C(C(=O)NC1CCCCC1)N(C(=O)CN1CNc2ccccc21)c1cccc(F)c1. The molecule has 0 radical (unpaired) electrons. The van der Waals surface area contributed by atoms with Crippen molar-refractivity contribution in [3.05, 3.63) is 89.7 Å². The minimum absolute atomic E-state index is 0.0413. The summed E-state index contributed by atoms with van der Waals surface area (Å²) in [6.45, 7) is 2.45. The first-order valence-corrected chi connectivity index (χ1v) is 13.0. The van der Waals surface area contributed by atoms with Crippen molar-refractivity contribution in [3.8, 4) is 0 Å². The van der Waals surface area contributed by atoms with Crippen LogP contribution in [0, 0.1) is 12.7 Å². The number of fused-ring (bicyclic) bond motifs is 1. The number of carbonyl (C=O) groups excluding carboxylic acids is 2. The fourth-order valence-electron chi connectivity index (χ4n) is 5.43. The molecule has 1 saturated carbocycles. The first-order valence-electron chi connectivity index (χ1n) is 13.0. The van der Waals surface area contributed by atoms with E-state index in [9.17, 15) is 14.0 Å². The van der Waals surface area contributed by atoms with Crippen LogP contribution in [0.25, 0.3) is 0 Å². The van der Waals surface area contributed by atoms with Crippen molar-refractivity contribution < 1.29 is 14.0 Å². The van der Waals surface area contributed by atoms with Gasteiger partial charge in [-0.25, -0.2) is 4.39 Å². The molecule has 0 spiro atoms. The van der Waals surface area contributed by atoms with Gasteiger partial charge in [0.2, 0.25) is 11.8 Å². The van der Waals surface area contributed by atoms with E-state index in [4.69, 9.17) is 0 Å². The molecule has 1 heterocycles. The molecule has 1 aliphatic heterocycles. The van der Waals surface area contributed by atoms with E-state index < -0.39 is 11.9 Å². The Bertz CT molecular complexity index is 1270. The third-order valence-corrected chi connectivity index (χ3v) is 7.33. The highest BCUT2D eigenvalue weighted by Crippen LogP contribution is 2.34. The Morgan fingerprint density at radius 3 is 2.57 bits per heavy atom. The van der Waals surface area contributed by atoms with Crippen LogP contribution in [0.1, 0.15) is 49.3 Å². The van der Waals surface area contributed by atoms with Crippen molar-refractivity contribution >= 4 is 28.9 Å². The molecule has 0 bridgehead atoms.